The van der Waals surface area contributed by atoms with E-state index in [0.29, 0.717) is 5.82 Å². The van der Waals surface area contributed by atoms with Crippen molar-refractivity contribution in [2.45, 2.75) is 9.79 Å². The van der Waals surface area contributed by atoms with Gasteiger partial charge in [-0.05, 0) is 86.6 Å². The maximum atomic E-state index is 5.22. The van der Waals surface area contributed by atoms with Gasteiger partial charge in [0.05, 0.1) is 17.1 Å². The highest BCUT2D eigenvalue weighted by Gasteiger charge is 2.20. The van der Waals surface area contributed by atoms with Crippen LogP contribution in [0.2, 0.25) is 0 Å². The monoisotopic (exact) mass is 720 g/mol. The van der Waals surface area contributed by atoms with Gasteiger partial charge in [-0.25, -0.2) is 9.97 Å². The van der Waals surface area contributed by atoms with Crippen LogP contribution in [-0.4, -0.2) is 19.9 Å². The summed E-state index contributed by atoms with van der Waals surface area (Å²) in [6, 6.07) is 57.6. The van der Waals surface area contributed by atoms with Gasteiger partial charge in [-0.2, -0.15) is 0 Å². The third-order valence-electron chi connectivity index (χ3n) is 10.1. The molecule has 0 spiro atoms. The summed E-state index contributed by atoms with van der Waals surface area (Å²) in [6.07, 6.45) is 9.98. The van der Waals surface area contributed by atoms with Gasteiger partial charge in [0.2, 0.25) is 0 Å². The lowest BCUT2D eigenvalue weighted by Crippen LogP contribution is -1.97. The predicted molar refractivity (Wildman–Crippen MR) is 227 cm³/mol. The van der Waals surface area contributed by atoms with Crippen molar-refractivity contribution in [1.82, 2.24) is 19.9 Å². The molecule has 0 bridgehead atoms. The Labute approximate surface area is 324 Å². The van der Waals surface area contributed by atoms with E-state index in [9.17, 15) is 0 Å². The minimum Gasteiger partial charge on any atom is -0.264 e. The van der Waals surface area contributed by atoms with Crippen LogP contribution in [0.15, 0.2) is 192 Å². The molecule has 0 saturated heterocycles. The van der Waals surface area contributed by atoms with Crippen molar-refractivity contribution in [2.75, 3.05) is 0 Å². The minimum absolute atomic E-state index is 0.652. The van der Waals surface area contributed by atoms with E-state index in [0.717, 1.165) is 50.5 Å². The molecule has 0 N–H and O–H groups in total. The number of pyridine rings is 2. The van der Waals surface area contributed by atoms with Gasteiger partial charge in [0, 0.05) is 50.6 Å². The first-order valence-electron chi connectivity index (χ1n) is 18.3. The lowest BCUT2D eigenvalue weighted by Gasteiger charge is -2.17. The molecule has 55 heavy (non-hydrogen) atoms. The number of benzene rings is 6. The standard InChI is InChI=1S/C50H32N4S/c1-2-13-36(14-3-1)46-30-47(39-25-27-45(52-32-39)38-15-10-28-51-31-38)54-50(53-46)37-23-22-35-21-20-33-11-4-6-16-40(33)42-18-8-9-19-48(42)55-49-41-17-7-5-12-34(41)24-26-43(49)44(35)29-37/h1-32H. The second-order valence-corrected chi connectivity index (χ2v) is 14.5. The van der Waals surface area contributed by atoms with Crippen LogP contribution >= 0.6 is 11.8 Å². The highest BCUT2D eigenvalue weighted by Crippen LogP contribution is 2.47. The fraction of sp³-hybridized carbons (Fsp3) is 0. The quantitative estimate of drug-likeness (QED) is 0.181. The summed E-state index contributed by atoms with van der Waals surface area (Å²) in [5, 5.41) is 2.43. The summed E-state index contributed by atoms with van der Waals surface area (Å²) in [5.41, 5.74) is 13.4. The molecule has 0 aliphatic carbocycles. The molecule has 0 amide bonds. The first kappa shape index (κ1) is 32.7. The van der Waals surface area contributed by atoms with E-state index in [1.54, 1.807) is 6.20 Å². The zero-order valence-electron chi connectivity index (χ0n) is 29.7. The third-order valence-corrected chi connectivity index (χ3v) is 11.3. The van der Waals surface area contributed by atoms with E-state index in [4.69, 9.17) is 15.0 Å². The topological polar surface area (TPSA) is 51.6 Å². The van der Waals surface area contributed by atoms with Gasteiger partial charge in [0.1, 0.15) is 0 Å². The number of hydrogen-bond donors (Lipinski definition) is 0. The average molecular weight is 721 g/mol. The summed E-state index contributed by atoms with van der Waals surface area (Å²) in [5.74, 6) is 0.652. The molecular formula is C50H32N4S. The predicted octanol–water partition coefficient (Wildman–Crippen LogP) is 13.1. The molecule has 1 aliphatic heterocycles. The Morgan fingerprint density at radius 1 is 0.418 bits per heavy atom. The minimum atomic E-state index is 0.652. The zero-order valence-corrected chi connectivity index (χ0v) is 30.5. The summed E-state index contributed by atoms with van der Waals surface area (Å²) >= 11 is 1.84. The van der Waals surface area contributed by atoms with Crippen LogP contribution in [0.1, 0.15) is 11.1 Å². The molecule has 3 aromatic heterocycles. The Morgan fingerprint density at radius 3 is 1.96 bits per heavy atom. The van der Waals surface area contributed by atoms with Crippen LogP contribution in [-0.2, 0) is 0 Å². The number of aromatic nitrogens is 4. The van der Waals surface area contributed by atoms with Gasteiger partial charge in [-0.15, -0.1) is 0 Å². The molecule has 0 atom stereocenters. The Kier molecular flexibility index (Phi) is 8.39. The van der Waals surface area contributed by atoms with Crippen molar-refractivity contribution in [1.29, 1.82) is 0 Å². The summed E-state index contributed by atoms with van der Waals surface area (Å²) < 4.78 is 0. The molecule has 9 aromatic rings. The molecular weight excluding hydrogens is 689 g/mol. The van der Waals surface area contributed by atoms with Crippen molar-refractivity contribution >= 4 is 34.7 Å². The molecule has 0 fully saturated rings. The first-order valence-corrected chi connectivity index (χ1v) is 19.1. The molecule has 0 unspecified atom stereocenters. The van der Waals surface area contributed by atoms with Crippen molar-refractivity contribution in [3.05, 3.63) is 194 Å². The number of rotatable bonds is 4. The second kappa shape index (κ2) is 14.1. The van der Waals surface area contributed by atoms with Gasteiger partial charge in [-0.1, -0.05) is 145 Å². The van der Waals surface area contributed by atoms with Crippen LogP contribution < -0.4 is 0 Å². The molecule has 5 heteroatoms. The Hall–Kier alpha value is -6.95. The van der Waals surface area contributed by atoms with Crippen molar-refractivity contribution in [3.8, 4) is 67.4 Å². The average Bonchev–Trinajstić information content (AvgIpc) is 3.28. The first-order chi connectivity index (χ1) is 27.2. The largest absolute Gasteiger partial charge is 0.264 e. The van der Waals surface area contributed by atoms with Crippen LogP contribution in [0.25, 0.3) is 90.3 Å². The lowest BCUT2D eigenvalue weighted by molar-refractivity contribution is 1.18. The van der Waals surface area contributed by atoms with Gasteiger partial charge in [0.15, 0.2) is 5.82 Å². The lowest BCUT2D eigenvalue weighted by atomic mass is 9.93. The van der Waals surface area contributed by atoms with Crippen molar-refractivity contribution in [3.63, 3.8) is 0 Å². The van der Waals surface area contributed by atoms with E-state index in [2.05, 4.69) is 145 Å². The van der Waals surface area contributed by atoms with E-state index >= 15 is 0 Å². The van der Waals surface area contributed by atoms with E-state index in [1.807, 2.05) is 60.6 Å². The highest BCUT2D eigenvalue weighted by atomic mass is 32.2. The molecule has 0 radical (unpaired) electrons. The number of hydrogen-bond acceptors (Lipinski definition) is 5. The number of nitrogens with zero attached hydrogens (tertiary/aromatic N) is 4. The summed E-state index contributed by atoms with van der Waals surface area (Å²) in [6.45, 7) is 0. The Morgan fingerprint density at radius 2 is 1.13 bits per heavy atom. The molecule has 1 aliphatic rings. The molecule has 0 saturated carbocycles. The van der Waals surface area contributed by atoms with Crippen molar-refractivity contribution < 1.29 is 0 Å². The van der Waals surface area contributed by atoms with Gasteiger partial charge in [0.25, 0.3) is 0 Å². The van der Waals surface area contributed by atoms with Gasteiger partial charge < -0.3 is 0 Å². The summed E-state index contributed by atoms with van der Waals surface area (Å²) in [4.78, 5) is 21.9. The van der Waals surface area contributed by atoms with Gasteiger partial charge in [-0.3, -0.25) is 9.97 Å². The van der Waals surface area contributed by atoms with E-state index in [-0.39, 0.29) is 0 Å². The molecule has 258 valence electrons. The number of fused-ring (bicyclic) bond motifs is 8. The van der Waals surface area contributed by atoms with Crippen LogP contribution in [0.4, 0.5) is 0 Å². The van der Waals surface area contributed by atoms with Crippen LogP contribution in [0, 0.1) is 0 Å². The molecule has 4 heterocycles. The normalized spacial score (nSPS) is 11.9. The Balaban J connectivity index is 1.18. The Bertz CT molecular complexity index is 2890. The van der Waals surface area contributed by atoms with E-state index < -0.39 is 0 Å². The van der Waals surface area contributed by atoms with Gasteiger partial charge >= 0.3 is 0 Å². The SMILES string of the molecule is C1=Cc2ccc(-c3nc(-c4ccccc4)cc(-c4ccc(-c5cccnc5)nc4)n3)cc2-c2ccc3ccccc3c2Sc2ccccc2-c2ccccc21. The van der Waals surface area contributed by atoms with Crippen LogP contribution in [0.3, 0.4) is 0 Å². The van der Waals surface area contributed by atoms with E-state index in [1.165, 1.54) is 42.8 Å². The zero-order chi connectivity index (χ0) is 36.6. The summed E-state index contributed by atoms with van der Waals surface area (Å²) in [7, 11) is 0. The smallest absolute Gasteiger partial charge is 0.160 e. The molecule has 4 nitrogen and oxygen atoms in total. The fourth-order valence-electron chi connectivity index (χ4n) is 7.31. The molecule has 10 rings (SSSR count). The van der Waals surface area contributed by atoms with Crippen molar-refractivity contribution in [2.24, 2.45) is 0 Å². The fourth-order valence-corrected chi connectivity index (χ4v) is 8.54. The maximum Gasteiger partial charge on any atom is 0.160 e. The maximum absolute atomic E-state index is 5.22. The molecule has 6 aromatic carbocycles. The highest BCUT2D eigenvalue weighted by molar-refractivity contribution is 7.99. The third kappa shape index (κ3) is 6.31. The van der Waals surface area contributed by atoms with Crippen LogP contribution in [0.5, 0.6) is 0 Å². The second-order valence-electron chi connectivity index (χ2n) is 13.5.